The summed E-state index contributed by atoms with van der Waals surface area (Å²) in [4.78, 5) is 153. The molecule has 20 unspecified atom stereocenters. The SMILES string of the molecule is CCC(C)(C)C(=O)OC(C)(C)C.CCC(C)(C)C(=O)OC(C)(C)C(C)C.CCC(C)(C)C(=O)OC(C)(C)C(C)C.CCC(C)(C)C(=O)OC1C2CC3C(=O)OC1C3C2.CCC(C)(C)C(=O)OC1C2CC3C(=O)OC1C3C2.CCC(C)(C)C(=O)OC1C2CC3C(=O)OC1C3C2.CCC(C)(C)C(=O)OC1C2CC3C(=O)OC1C3C2.CCC(C)(C)C(=O)OC1CCCCC1.CCC(C)(C)OC(=O)C(C)(C)CC. The molecule has 9 saturated carbocycles. The van der Waals surface area contributed by atoms with Crippen molar-refractivity contribution in [1.82, 2.24) is 0 Å². The van der Waals surface area contributed by atoms with Crippen molar-refractivity contribution in [3.8, 4) is 0 Å². The molecule has 13 fully saturated rings. The number of hydrogen-bond acceptors (Lipinski definition) is 26. The molecule has 9 aliphatic carbocycles. The van der Waals surface area contributed by atoms with E-state index in [9.17, 15) is 62.3 Å². The lowest BCUT2D eigenvalue weighted by Gasteiger charge is -2.33. The molecule has 800 valence electrons. The van der Waals surface area contributed by atoms with Crippen LogP contribution in [0.1, 0.15) is 432 Å². The molecule has 20 atom stereocenters. The van der Waals surface area contributed by atoms with E-state index < -0.39 is 21.7 Å². The van der Waals surface area contributed by atoms with Crippen LogP contribution >= 0.6 is 0 Å². The number of carbonyl (C=O) groups excluding carboxylic acids is 13. The molecule has 0 spiro atoms. The maximum absolute atomic E-state index is 12.1. The van der Waals surface area contributed by atoms with Gasteiger partial charge in [-0.1, -0.05) is 103 Å². The van der Waals surface area contributed by atoms with Crippen LogP contribution in [0.2, 0.25) is 0 Å². The highest BCUT2D eigenvalue weighted by Crippen LogP contribution is 2.60. The number of fused-ring (bicyclic) bond motifs is 4. The van der Waals surface area contributed by atoms with Gasteiger partial charge in [0, 0.05) is 47.3 Å². The number of esters is 13. The van der Waals surface area contributed by atoms with Crippen molar-refractivity contribution >= 4 is 77.6 Å². The first-order valence-corrected chi connectivity index (χ1v) is 53.3. The van der Waals surface area contributed by atoms with Crippen LogP contribution in [0.15, 0.2) is 0 Å². The summed E-state index contributed by atoms with van der Waals surface area (Å²) in [5, 5.41) is 0. The molecule has 4 heterocycles. The average molecular weight is 1970 g/mol. The van der Waals surface area contributed by atoms with E-state index in [1.54, 1.807) is 0 Å². The second-order valence-electron chi connectivity index (χ2n) is 51.2. The largest absolute Gasteiger partial charge is 0.462 e. The van der Waals surface area contributed by atoms with Crippen LogP contribution in [0.5, 0.6) is 0 Å². The lowest BCUT2D eigenvalue weighted by molar-refractivity contribution is -0.172. The first-order chi connectivity index (χ1) is 63.5. The lowest BCUT2D eigenvalue weighted by Crippen LogP contribution is -2.39. The van der Waals surface area contributed by atoms with E-state index in [4.69, 9.17) is 61.6 Å². The van der Waals surface area contributed by atoms with Crippen LogP contribution in [0.3, 0.4) is 0 Å². The summed E-state index contributed by atoms with van der Waals surface area (Å²) in [5.74, 6) is 2.05. The normalized spacial score (nSPS) is 28.2. The van der Waals surface area contributed by atoms with Gasteiger partial charge in [-0.15, -0.1) is 0 Å². The third-order valence-corrected chi connectivity index (χ3v) is 34.5. The van der Waals surface area contributed by atoms with E-state index in [0.29, 0.717) is 59.2 Å². The maximum Gasteiger partial charge on any atom is 0.312 e. The summed E-state index contributed by atoms with van der Waals surface area (Å²) in [7, 11) is 0. The Morgan fingerprint density at radius 3 is 0.647 bits per heavy atom. The molecule has 0 aromatic rings. The number of ether oxygens (including phenoxy) is 13. The van der Waals surface area contributed by atoms with E-state index in [2.05, 4.69) is 27.7 Å². The summed E-state index contributed by atoms with van der Waals surface area (Å²) in [5.41, 5.74) is -5.02. The Kier molecular flexibility index (Phi) is 42.3. The zero-order valence-corrected chi connectivity index (χ0v) is 94.2. The third kappa shape index (κ3) is 31.1. The van der Waals surface area contributed by atoms with Gasteiger partial charge in [0.15, 0.2) is 0 Å². The Labute approximate surface area is 837 Å². The van der Waals surface area contributed by atoms with Crippen molar-refractivity contribution in [2.24, 2.45) is 132 Å². The van der Waals surface area contributed by atoms with Crippen molar-refractivity contribution in [1.29, 1.82) is 0 Å². The highest BCUT2D eigenvalue weighted by Gasteiger charge is 2.68. The quantitative estimate of drug-likeness (QED) is 0.0496. The van der Waals surface area contributed by atoms with Gasteiger partial charge in [-0.3, -0.25) is 62.3 Å². The molecule has 0 amide bonds. The molecule has 4 saturated heterocycles. The molecule has 8 bridgehead atoms. The zero-order chi connectivity index (χ0) is 107. The van der Waals surface area contributed by atoms with Crippen molar-refractivity contribution in [2.45, 2.75) is 509 Å². The fraction of sp³-hybridized carbons (Fsp3) is 0.885. The summed E-state index contributed by atoms with van der Waals surface area (Å²) in [6.07, 6.45) is 19.8. The summed E-state index contributed by atoms with van der Waals surface area (Å²) >= 11 is 0. The van der Waals surface area contributed by atoms with Crippen LogP contribution in [0.25, 0.3) is 0 Å². The van der Waals surface area contributed by atoms with Crippen molar-refractivity contribution in [3.05, 3.63) is 0 Å². The van der Waals surface area contributed by atoms with Crippen molar-refractivity contribution in [2.75, 3.05) is 0 Å². The molecule has 139 heavy (non-hydrogen) atoms. The molecule has 13 rings (SSSR count). The second kappa shape index (κ2) is 48.0. The topological polar surface area (TPSA) is 342 Å². The third-order valence-electron chi connectivity index (χ3n) is 34.5. The highest BCUT2D eigenvalue weighted by atomic mass is 16.6. The molecule has 0 N–H and O–H groups in total. The molecule has 26 nitrogen and oxygen atoms in total. The van der Waals surface area contributed by atoms with Gasteiger partial charge in [-0.05, 0) is 340 Å². The lowest BCUT2D eigenvalue weighted by atomic mass is 9.87. The summed E-state index contributed by atoms with van der Waals surface area (Å²) in [6, 6.07) is 0. The van der Waals surface area contributed by atoms with Gasteiger partial charge in [-0.2, -0.15) is 0 Å². The van der Waals surface area contributed by atoms with Gasteiger partial charge in [0.2, 0.25) is 0 Å². The minimum absolute atomic E-state index is 0.0214. The van der Waals surface area contributed by atoms with Gasteiger partial charge in [0.05, 0.1) is 72.4 Å². The van der Waals surface area contributed by atoms with Crippen LogP contribution in [-0.2, 0) is 124 Å². The zero-order valence-electron chi connectivity index (χ0n) is 94.2. The number of rotatable bonds is 29. The van der Waals surface area contributed by atoms with Crippen LogP contribution in [0.4, 0.5) is 0 Å². The Hall–Kier alpha value is -6.89. The van der Waals surface area contributed by atoms with Gasteiger partial charge < -0.3 is 61.6 Å². The first kappa shape index (κ1) is 123. The number of carbonyl (C=O) groups is 13. The smallest absolute Gasteiger partial charge is 0.312 e. The Bertz CT molecular complexity index is 3820. The number of hydrogen-bond donors (Lipinski definition) is 0. The molecule has 0 aromatic heterocycles. The molecular weight excluding hydrogens is 1770 g/mol. The van der Waals surface area contributed by atoms with E-state index >= 15 is 0 Å². The highest BCUT2D eigenvalue weighted by molar-refractivity contribution is 5.83. The second-order valence-corrected chi connectivity index (χ2v) is 51.2. The molecule has 4 aliphatic heterocycles. The Morgan fingerprint density at radius 1 is 0.259 bits per heavy atom. The Morgan fingerprint density at radius 2 is 0.453 bits per heavy atom. The minimum Gasteiger partial charge on any atom is -0.462 e. The maximum atomic E-state index is 12.1. The summed E-state index contributed by atoms with van der Waals surface area (Å²) < 4.78 is 71.4. The van der Waals surface area contributed by atoms with Gasteiger partial charge in [0.1, 0.15) is 77.3 Å². The summed E-state index contributed by atoms with van der Waals surface area (Å²) in [6.45, 7) is 80.0. The fourth-order valence-electron chi connectivity index (χ4n) is 18.1. The van der Waals surface area contributed by atoms with Crippen LogP contribution < -0.4 is 0 Å². The van der Waals surface area contributed by atoms with Gasteiger partial charge in [-0.25, -0.2) is 0 Å². The van der Waals surface area contributed by atoms with Crippen LogP contribution in [-0.4, -0.2) is 155 Å². The predicted octanol–water partition coefficient (Wildman–Crippen LogP) is 23.7. The molecule has 26 heteroatoms. The van der Waals surface area contributed by atoms with E-state index in [0.717, 1.165) is 128 Å². The van der Waals surface area contributed by atoms with Gasteiger partial charge >= 0.3 is 77.6 Å². The van der Waals surface area contributed by atoms with Crippen LogP contribution in [0, 0.1) is 132 Å². The fourth-order valence-corrected chi connectivity index (χ4v) is 18.1. The minimum atomic E-state index is -0.455. The average Bonchev–Trinajstić information content (AvgIpc) is 1.59. The standard InChI is InChI=1S/4C14H20O4.C12H22O2.2C12H24O2.C11H22O2.C10H20O2/c4*1-4-14(2,3)13(16)18-10-7-5-8-9(6-7)12(15)17-11(8)10;1-4-12(2,3)11(13)14-10-8-6-5-7-9-10;2*1-8-11(4,5)10(13)14-12(6,7)9(2)3;1-7-10(3,4)9(12)13-11(5,6)8-2;1-7-10(5,6)8(11)12-9(2,3)4/h4*7-11H,4-6H2,1-3H3;10H,4-9H2,1-3H3;2*9H,8H2,1-7H3;7-8H2,1-6H3;7H2,1-6H3. The van der Waals surface area contributed by atoms with E-state index in [1.807, 2.05) is 256 Å². The first-order valence-electron chi connectivity index (χ1n) is 53.3. The Balaban J connectivity index is 0.000000277. The monoisotopic (exact) mass is 1970 g/mol. The van der Waals surface area contributed by atoms with Crippen molar-refractivity contribution < 1.29 is 124 Å². The molecule has 0 radical (unpaired) electrons. The predicted molar refractivity (Wildman–Crippen MR) is 534 cm³/mol. The molecular formula is C113H192O26. The van der Waals surface area contributed by atoms with E-state index in [-0.39, 0.29) is 206 Å². The van der Waals surface area contributed by atoms with Gasteiger partial charge in [0.25, 0.3) is 0 Å². The van der Waals surface area contributed by atoms with E-state index in [1.165, 1.54) is 19.3 Å². The molecule has 13 aliphatic rings. The molecule has 0 aromatic carbocycles. The van der Waals surface area contributed by atoms with Crippen molar-refractivity contribution in [3.63, 3.8) is 0 Å².